The second-order valence-electron chi connectivity index (χ2n) is 6.94. The summed E-state index contributed by atoms with van der Waals surface area (Å²) in [7, 11) is 0. The Hall–Kier alpha value is -4.69. The van der Waals surface area contributed by atoms with Crippen molar-refractivity contribution in [1.29, 1.82) is 5.26 Å². The number of fused-ring (bicyclic) bond motifs is 3. The maximum absolute atomic E-state index is 12.1. The highest BCUT2D eigenvalue weighted by molar-refractivity contribution is 5.79. The van der Waals surface area contributed by atoms with Crippen molar-refractivity contribution in [3.8, 4) is 29.0 Å². The third-order valence-corrected chi connectivity index (χ3v) is 5.07. The second kappa shape index (κ2) is 8.99. The van der Waals surface area contributed by atoms with Gasteiger partial charge in [0.25, 0.3) is 0 Å². The molecule has 1 aromatic heterocycles. The molecule has 8 nitrogen and oxygen atoms in total. The molecule has 156 valence electrons. The number of rotatable bonds is 4. The topological polar surface area (TPSA) is 118 Å². The van der Waals surface area contributed by atoms with Crippen LogP contribution in [0.5, 0.6) is 0 Å². The minimum atomic E-state index is -0.689. The Morgan fingerprint density at radius 2 is 1.81 bits per heavy atom. The quantitative estimate of drug-likeness (QED) is 0.387. The van der Waals surface area contributed by atoms with E-state index in [1.165, 1.54) is 12.3 Å². The molecule has 1 amide bonds. The lowest BCUT2D eigenvalue weighted by molar-refractivity contribution is -0.385. The van der Waals surface area contributed by atoms with Gasteiger partial charge >= 0.3 is 11.8 Å². The highest BCUT2D eigenvalue weighted by atomic mass is 16.6. The van der Waals surface area contributed by atoms with Gasteiger partial charge in [0.05, 0.1) is 11.5 Å². The summed E-state index contributed by atoms with van der Waals surface area (Å²) in [5.74, 6) is 5.32. The molecular weight excluding hydrogens is 408 g/mol. The molecule has 0 bridgehead atoms. The van der Waals surface area contributed by atoms with Crippen LogP contribution in [0.25, 0.3) is 11.1 Å². The number of ether oxygens (including phenoxy) is 1. The fourth-order valence-electron chi connectivity index (χ4n) is 3.66. The molecule has 1 heterocycles. The van der Waals surface area contributed by atoms with Crippen molar-refractivity contribution < 1.29 is 14.5 Å². The maximum Gasteiger partial charge on any atom is 0.407 e. The predicted octanol–water partition coefficient (Wildman–Crippen LogP) is 3.75. The van der Waals surface area contributed by atoms with Gasteiger partial charge in [-0.2, -0.15) is 5.26 Å². The summed E-state index contributed by atoms with van der Waals surface area (Å²) in [5, 5.41) is 22.4. The smallest absolute Gasteiger partial charge is 0.407 e. The molecule has 1 N–H and O–H groups in total. The van der Waals surface area contributed by atoms with Crippen LogP contribution < -0.4 is 5.32 Å². The van der Waals surface area contributed by atoms with Crippen molar-refractivity contribution in [3.05, 3.63) is 93.3 Å². The van der Waals surface area contributed by atoms with E-state index in [1.54, 1.807) is 6.07 Å². The molecule has 0 saturated carbocycles. The molecule has 0 radical (unpaired) electrons. The zero-order chi connectivity index (χ0) is 22.5. The summed E-state index contributed by atoms with van der Waals surface area (Å²) in [6.45, 7) is 0.184. The lowest BCUT2D eigenvalue weighted by Crippen LogP contribution is -2.26. The predicted molar refractivity (Wildman–Crippen MR) is 116 cm³/mol. The summed E-state index contributed by atoms with van der Waals surface area (Å²) in [5.41, 5.74) is 4.11. The first-order valence-corrected chi connectivity index (χ1v) is 9.70. The van der Waals surface area contributed by atoms with E-state index in [-0.39, 0.29) is 30.3 Å². The molecule has 2 aromatic carbocycles. The normalized spacial score (nSPS) is 11.3. The third-order valence-electron chi connectivity index (χ3n) is 5.07. The number of alkyl carbamates (subject to hydrolysis) is 1. The number of benzene rings is 2. The zero-order valence-electron chi connectivity index (χ0n) is 16.7. The summed E-state index contributed by atoms with van der Waals surface area (Å²) < 4.78 is 5.42. The molecule has 0 unspecified atom stereocenters. The van der Waals surface area contributed by atoms with Gasteiger partial charge in [0.1, 0.15) is 12.7 Å². The van der Waals surface area contributed by atoms with E-state index in [1.807, 2.05) is 36.4 Å². The van der Waals surface area contributed by atoms with E-state index in [9.17, 15) is 14.9 Å². The molecule has 0 saturated heterocycles. The molecule has 4 rings (SSSR count). The van der Waals surface area contributed by atoms with Crippen LogP contribution in [0.1, 0.15) is 28.3 Å². The second-order valence-corrected chi connectivity index (χ2v) is 6.94. The molecule has 0 spiro atoms. The minimum Gasteiger partial charge on any atom is -0.449 e. The molecule has 0 fully saturated rings. The van der Waals surface area contributed by atoms with Crippen molar-refractivity contribution in [3.63, 3.8) is 0 Å². The summed E-state index contributed by atoms with van der Waals surface area (Å²) >= 11 is 0. The van der Waals surface area contributed by atoms with Crippen LogP contribution in [0.2, 0.25) is 0 Å². The van der Waals surface area contributed by atoms with Gasteiger partial charge in [-0.15, -0.1) is 0 Å². The van der Waals surface area contributed by atoms with Gasteiger partial charge in [-0.05, 0) is 22.3 Å². The monoisotopic (exact) mass is 424 g/mol. The number of nitriles is 1. The number of pyridine rings is 1. The first-order chi connectivity index (χ1) is 15.6. The van der Waals surface area contributed by atoms with Gasteiger partial charge in [0, 0.05) is 23.7 Å². The average molecular weight is 424 g/mol. The lowest BCUT2D eigenvalue weighted by atomic mass is 9.98. The SMILES string of the molecule is N#Cc1ncc(C#CCNC(=O)OCC2c3ccccc3-c3ccccc32)cc1[N+](=O)[O-]. The molecular formula is C24H16N4O4. The van der Waals surface area contributed by atoms with Crippen LogP contribution in [-0.2, 0) is 4.74 Å². The summed E-state index contributed by atoms with van der Waals surface area (Å²) in [6.07, 6.45) is 0.663. The van der Waals surface area contributed by atoms with Crippen molar-refractivity contribution in [1.82, 2.24) is 10.3 Å². The van der Waals surface area contributed by atoms with Gasteiger partial charge < -0.3 is 10.1 Å². The molecule has 1 aliphatic rings. The summed E-state index contributed by atoms with van der Waals surface area (Å²) in [6, 6.07) is 18.9. The molecule has 8 heteroatoms. The number of nitro groups is 1. The Kier molecular flexibility index (Phi) is 5.78. The molecule has 3 aromatic rings. The van der Waals surface area contributed by atoms with Crippen LogP contribution in [0, 0.1) is 33.3 Å². The average Bonchev–Trinajstić information content (AvgIpc) is 3.14. The van der Waals surface area contributed by atoms with Gasteiger partial charge in [0.15, 0.2) is 0 Å². The Bertz CT molecular complexity index is 1270. The highest BCUT2D eigenvalue weighted by Crippen LogP contribution is 2.44. The van der Waals surface area contributed by atoms with Crippen molar-refractivity contribution >= 4 is 11.8 Å². The number of carbonyl (C=O) groups is 1. The van der Waals surface area contributed by atoms with Crippen LogP contribution in [0.3, 0.4) is 0 Å². The Labute approximate surface area is 183 Å². The van der Waals surface area contributed by atoms with E-state index in [2.05, 4.69) is 34.3 Å². The molecule has 0 atom stereocenters. The number of nitrogens with one attached hydrogen (secondary N) is 1. The van der Waals surface area contributed by atoms with Gasteiger partial charge in [0.2, 0.25) is 5.69 Å². The number of nitrogens with zero attached hydrogens (tertiary/aromatic N) is 3. The number of aromatic nitrogens is 1. The van der Waals surface area contributed by atoms with Crippen LogP contribution in [0.15, 0.2) is 60.8 Å². The maximum atomic E-state index is 12.1. The van der Waals surface area contributed by atoms with Crippen molar-refractivity contribution in [2.75, 3.05) is 13.2 Å². The Morgan fingerprint density at radius 3 is 2.44 bits per heavy atom. The van der Waals surface area contributed by atoms with E-state index >= 15 is 0 Å². The third kappa shape index (κ3) is 4.11. The zero-order valence-corrected chi connectivity index (χ0v) is 16.7. The van der Waals surface area contributed by atoms with Gasteiger partial charge in [-0.25, -0.2) is 9.78 Å². The Morgan fingerprint density at radius 1 is 1.16 bits per heavy atom. The van der Waals surface area contributed by atoms with Crippen LogP contribution in [0.4, 0.5) is 10.5 Å². The highest BCUT2D eigenvalue weighted by Gasteiger charge is 2.28. The van der Waals surface area contributed by atoms with E-state index < -0.39 is 16.7 Å². The fourth-order valence-corrected chi connectivity index (χ4v) is 3.66. The molecule has 32 heavy (non-hydrogen) atoms. The fraction of sp³-hybridized carbons (Fsp3) is 0.125. The first kappa shape index (κ1) is 20.6. The number of amides is 1. The van der Waals surface area contributed by atoms with Gasteiger partial charge in [-0.3, -0.25) is 10.1 Å². The van der Waals surface area contributed by atoms with Crippen molar-refractivity contribution in [2.24, 2.45) is 0 Å². The van der Waals surface area contributed by atoms with E-state index in [0.717, 1.165) is 22.3 Å². The van der Waals surface area contributed by atoms with Crippen LogP contribution in [-0.4, -0.2) is 29.2 Å². The van der Waals surface area contributed by atoms with Crippen LogP contribution >= 0.6 is 0 Å². The van der Waals surface area contributed by atoms with Gasteiger partial charge in [-0.1, -0.05) is 60.4 Å². The molecule has 1 aliphatic carbocycles. The minimum absolute atomic E-state index is 0.00945. The summed E-state index contributed by atoms with van der Waals surface area (Å²) in [4.78, 5) is 26.1. The number of carbonyl (C=O) groups excluding carboxylic acids is 1. The standard InChI is InChI=1S/C24H16N4O4/c25-13-22-23(28(30)31)12-16(14-27-22)6-5-11-26-24(29)32-15-21-19-9-3-1-7-17(19)18-8-2-4-10-20(18)21/h1-4,7-10,12,14,21H,11,15H2,(H,26,29). The lowest BCUT2D eigenvalue weighted by Gasteiger charge is -2.14. The van der Waals surface area contributed by atoms with E-state index in [0.29, 0.717) is 0 Å². The molecule has 0 aliphatic heterocycles. The van der Waals surface area contributed by atoms with E-state index in [4.69, 9.17) is 10.00 Å². The first-order valence-electron chi connectivity index (χ1n) is 9.70. The number of hydrogen-bond acceptors (Lipinski definition) is 6. The van der Waals surface area contributed by atoms with Crippen molar-refractivity contribution in [2.45, 2.75) is 5.92 Å². The number of hydrogen-bond donors (Lipinski definition) is 1. The largest absolute Gasteiger partial charge is 0.449 e. The Balaban J connectivity index is 1.35.